The fourth-order valence-electron chi connectivity index (χ4n) is 1.56. The predicted octanol–water partition coefficient (Wildman–Crippen LogP) is 2.23. The van der Waals surface area contributed by atoms with Crippen molar-refractivity contribution in [3.8, 4) is 0 Å². The molecule has 2 unspecified atom stereocenters. The number of amides is 1. The SMILES string of the molecule is CCC(N)C(=O)NC(C)Cc1ccc(Br)cc1. The van der Waals surface area contributed by atoms with E-state index in [1.807, 2.05) is 38.1 Å². The fraction of sp³-hybridized carbons (Fsp3) is 0.462. The second kappa shape index (κ2) is 6.77. The van der Waals surface area contributed by atoms with E-state index >= 15 is 0 Å². The van der Waals surface area contributed by atoms with E-state index in [0.717, 1.165) is 10.9 Å². The lowest BCUT2D eigenvalue weighted by Gasteiger charge is -2.16. The second-order valence-electron chi connectivity index (χ2n) is 4.25. The Labute approximate surface area is 111 Å². The topological polar surface area (TPSA) is 55.1 Å². The van der Waals surface area contributed by atoms with Crippen LogP contribution in [0.5, 0.6) is 0 Å². The molecule has 1 aromatic carbocycles. The summed E-state index contributed by atoms with van der Waals surface area (Å²) in [5, 5.41) is 2.92. The molecule has 4 heteroatoms. The summed E-state index contributed by atoms with van der Waals surface area (Å²) in [7, 11) is 0. The molecule has 0 heterocycles. The summed E-state index contributed by atoms with van der Waals surface area (Å²) in [5.41, 5.74) is 6.86. The summed E-state index contributed by atoms with van der Waals surface area (Å²) in [6.07, 6.45) is 1.48. The van der Waals surface area contributed by atoms with Crippen LogP contribution in [0.2, 0.25) is 0 Å². The van der Waals surface area contributed by atoms with Crippen LogP contribution < -0.4 is 11.1 Å². The summed E-state index contributed by atoms with van der Waals surface area (Å²) in [5.74, 6) is -0.0721. The lowest BCUT2D eigenvalue weighted by atomic mass is 10.1. The van der Waals surface area contributed by atoms with Crippen LogP contribution in [0.25, 0.3) is 0 Å². The van der Waals surface area contributed by atoms with Crippen LogP contribution in [-0.4, -0.2) is 18.0 Å². The maximum absolute atomic E-state index is 11.6. The van der Waals surface area contributed by atoms with Gasteiger partial charge in [-0.25, -0.2) is 0 Å². The van der Waals surface area contributed by atoms with Crippen molar-refractivity contribution >= 4 is 21.8 Å². The third-order valence-electron chi connectivity index (χ3n) is 2.62. The lowest BCUT2D eigenvalue weighted by Crippen LogP contribution is -2.44. The monoisotopic (exact) mass is 298 g/mol. The molecule has 0 saturated heterocycles. The van der Waals surface area contributed by atoms with Crippen LogP contribution >= 0.6 is 15.9 Å². The minimum absolute atomic E-state index is 0.0721. The van der Waals surface area contributed by atoms with Gasteiger partial charge in [0.15, 0.2) is 0 Å². The van der Waals surface area contributed by atoms with Gasteiger partial charge in [0.2, 0.25) is 5.91 Å². The molecule has 0 fully saturated rings. The molecule has 0 spiro atoms. The fourth-order valence-corrected chi connectivity index (χ4v) is 1.82. The first kappa shape index (κ1) is 14.2. The van der Waals surface area contributed by atoms with Crippen molar-refractivity contribution in [3.63, 3.8) is 0 Å². The highest BCUT2D eigenvalue weighted by Gasteiger charge is 2.13. The molecule has 17 heavy (non-hydrogen) atoms. The zero-order chi connectivity index (χ0) is 12.8. The standard InChI is InChI=1S/C13H19BrN2O/c1-3-12(15)13(17)16-9(2)8-10-4-6-11(14)7-5-10/h4-7,9,12H,3,8,15H2,1-2H3,(H,16,17). The molecule has 0 bridgehead atoms. The van der Waals surface area contributed by atoms with E-state index in [0.29, 0.717) is 6.42 Å². The molecular formula is C13H19BrN2O. The molecule has 0 aromatic heterocycles. The summed E-state index contributed by atoms with van der Waals surface area (Å²) in [4.78, 5) is 11.6. The molecule has 3 nitrogen and oxygen atoms in total. The van der Waals surface area contributed by atoms with Gasteiger partial charge in [0, 0.05) is 10.5 Å². The van der Waals surface area contributed by atoms with Crippen LogP contribution in [-0.2, 0) is 11.2 Å². The molecule has 2 atom stereocenters. The Morgan fingerprint density at radius 3 is 2.53 bits per heavy atom. The molecule has 3 N–H and O–H groups in total. The van der Waals surface area contributed by atoms with Crippen molar-refractivity contribution in [2.45, 2.75) is 38.8 Å². The molecule has 94 valence electrons. The number of nitrogens with one attached hydrogen (secondary N) is 1. The Bertz CT molecular complexity index is 364. The Morgan fingerprint density at radius 2 is 2.00 bits per heavy atom. The zero-order valence-corrected chi connectivity index (χ0v) is 11.8. The van der Waals surface area contributed by atoms with Gasteiger partial charge in [-0.3, -0.25) is 4.79 Å². The predicted molar refractivity (Wildman–Crippen MR) is 73.7 cm³/mol. The summed E-state index contributed by atoms with van der Waals surface area (Å²) in [6, 6.07) is 7.80. The van der Waals surface area contributed by atoms with Gasteiger partial charge in [-0.2, -0.15) is 0 Å². The van der Waals surface area contributed by atoms with Crippen LogP contribution in [0, 0.1) is 0 Å². The minimum atomic E-state index is -0.401. The van der Waals surface area contributed by atoms with E-state index in [-0.39, 0.29) is 11.9 Å². The van der Waals surface area contributed by atoms with E-state index in [1.54, 1.807) is 0 Å². The number of hydrogen-bond acceptors (Lipinski definition) is 2. The first-order valence-corrected chi connectivity index (χ1v) is 6.62. The molecule has 1 rings (SSSR count). The van der Waals surface area contributed by atoms with Gasteiger partial charge in [-0.05, 0) is 37.5 Å². The van der Waals surface area contributed by atoms with Crippen molar-refractivity contribution in [3.05, 3.63) is 34.3 Å². The van der Waals surface area contributed by atoms with Gasteiger partial charge in [-0.1, -0.05) is 35.0 Å². The van der Waals surface area contributed by atoms with Crippen LogP contribution in [0.3, 0.4) is 0 Å². The maximum atomic E-state index is 11.6. The first-order chi connectivity index (χ1) is 8.02. The minimum Gasteiger partial charge on any atom is -0.352 e. The average Bonchev–Trinajstić information content (AvgIpc) is 2.30. The van der Waals surface area contributed by atoms with Crippen LogP contribution in [0.1, 0.15) is 25.8 Å². The highest BCUT2D eigenvalue weighted by atomic mass is 79.9. The number of hydrogen-bond donors (Lipinski definition) is 2. The van der Waals surface area contributed by atoms with Crippen LogP contribution in [0.4, 0.5) is 0 Å². The number of nitrogens with two attached hydrogens (primary N) is 1. The Kier molecular flexibility index (Phi) is 5.65. The van der Waals surface area contributed by atoms with E-state index in [2.05, 4.69) is 21.2 Å². The van der Waals surface area contributed by atoms with Crippen molar-refractivity contribution in [2.75, 3.05) is 0 Å². The summed E-state index contributed by atoms with van der Waals surface area (Å²) in [6.45, 7) is 3.89. The van der Waals surface area contributed by atoms with Crippen molar-refractivity contribution in [1.29, 1.82) is 0 Å². The van der Waals surface area contributed by atoms with Gasteiger partial charge in [0.1, 0.15) is 0 Å². The first-order valence-electron chi connectivity index (χ1n) is 5.83. The second-order valence-corrected chi connectivity index (χ2v) is 5.17. The van der Waals surface area contributed by atoms with Gasteiger partial charge < -0.3 is 11.1 Å². The van der Waals surface area contributed by atoms with Gasteiger partial charge in [0.05, 0.1) is 6.04 Å². The molecule has 0 saturated carbocycles. The molecule has 0 aliphatic rings. The molecule has 1 aromatic rings. The highest BCUT2D eigenvalue weighted by Crippen LogP contribution is 2.11. The third kappa shape index (κ3) is 4.88. The van der Waals surface area contributed by atoms with Gasteiger partial charge in [-0.15, -0.1) is 0 Å². The average molecular weight is 299 g/mol. The largest absolute Gasteiger partial charge is 0.352 e. The van der Waals surface area contributed by atoms with Crippen molar-refractivity contribution < 1.29 is 4.79 Å². The number of carbonyl (C=O) groups excluding carboxylic acids is 1. The lowest BCUT2D eigenvalue weighted by molar-refractivity contribution is -0.123. The Hall–Kier alpha value is -0.870. The van der Waals surface area contributed by atoms with E-state index in [4.69, 9.17) is 5.73 Å². The number of carbonyl (C=O) groups is 1. The Balaban J connectivity index is 2.47. The normalized spacial score (nSPS) is 14.1. The summed E-state index contributed by atoms with van der Waals surface area (Å²) >= 11 is 3.39. The highest BCUT2D eigenvalue weighted by molar-refractivity contribution is 9.10. The maximum Gasteiger partial charge on any atom is 0.237 e. The van der Waals surface area contributed by atoms with E-state index in [9.17, 15) is 4.79 Å². The number of rotatable bonds is 5. The molecular weight excluding hydrogens is 280 g/mol. The number of halogens is 1. The smallest absolute Gasteiger partial charge is 0.237 e. The molecule has 0 aliphatic heterocycles. The van der Waals surface area contributed by atoms with Crippen LogP contribution in [0.15, 0.2) is 28.7 Å². The summed E-state index contributed by atoms with van der Waals surface area (Å²) < 4.78 is 1.06. The molecule has 0 radical (unpaired) electrons. The zero-order valence-electron chi connectivity index (χ0n) is 10.2. The third-order valence-corrected chi connectivity index (χ3v) is 3.15. The van der Waals surface area contributed by atoms with E-state index < -0.39 is 6.04 Å². The Morgan fingerprint density at radius 1 is 1.41 bits per heavy atom. The number of benzene rings is 1. The van der Waals surface area contributed by atoms with Gasteiger partial charge >= 0.3 is 0 Å². The van der Waals surface area contributed by atoms with Crippen molar-refractivity contribution in [1.82, 2.24) is 5.32 Å². The quantitative estimate of drug-likeness (QED) is 0.876. The van der Waals surface area contributed by atoms with Crippen molar-refractivity contribution in [2.24, 2.45) is 5.73 Å². The van der Waals surface area contributed by atoms with E-state index in [1.165, 1.54) is 5.56 Å². The molecule has 1 amide bonds. The van der Waals surface area contributed by atoms with Gasteiger partial charge in [0.25, 0.3) is 0 Å². The molecule has 0 aliphatic carbocycles.